The quantitative estimate of drug-likeness (QED) is 0.504. The maximum Gasteiger partial charge on any atom is 0.274 e. The van der Waals surface area contributed by atoms with Crippen LogP contribution in [0.3, 0.4) is 0 Å². The number of aromatic nitrogens is 2. The van der Waals surface area contributed by atoms with Gasteiger partial charge in [-0.1, -0.05) is 12.1 Å². The average Bonchev–Trinajstić information content (AvgIpc) is 2.55. The molecule has 21 heavy (non-hydrogen) atoms. The third-order valence-corrected chi connectivity index (χ3v) is 3.09. The number of hydrogen-bond donors (Lipinski definition) is 3. The summed E-state index contributed by atoms with van der Waals surface area (Å²) in [6.07, 6.45) is 4.95. The number of nitrogen functional groups attached to an aromatic ring is 1. The van der Waals surface area contributed by atoms with E-state index < -0.39 is 0 Å². The lowest BCUT2D eigenvalue weighted by Crippen LogP contribution is -2.14. The number of carbonyl (C=O) groups excluding carboxylic acids is 1. The van der Waals surface area contributed by atoms with Crippen molar-refractivity contribution in [2.45, 2.75) is 0 Å². The highest BCUT2D eigenvalue weighted by Gasteiger charge is 2.09. The second kappa shape index (κ2) is 5.56. The average molecular weight is 279 g/mol. The molecule has 104 valence electrons. The van der Waals surface area contributed by atoms with E-state index in [2.05, 4.69) is 20.7 Å². The van der Waals surface area contributed by atoms with Crippen molar-refractivity contribution in [3.63, 3.8) is 0 Å². The molecule has 0 bridgehead atoms. The predicted molar refractivity (Wildman–Crippen MR) is 81.7 cm³/mol. The Labute approximate surface area is 121 Å². The zero-order chi connectivity index (χ0) is 14.7. The summed E-state index contributed by atoms with van der Waals surface area (Å²) in [6.45, 7) is 0. The van der Waals surface area contributed by atoms with Gasteiger partial charge >= 0.3 is 0 Å². The summed E-state index contributed by atoms with van der Waals surface area (Å²) < 4.78 is 0. The summed E-state index contributed by atoms with van der Waals surface area (Å²) in [5.41, 5.74) is 4.15. The van der Waals surface area contributed by atoms with E-state index in [1.165, 1.54) is 6.20 Å². The van der Waals surface area contributed by atoms with Crippen LogP contribution in [0.2, 0.25) is 0 Å². The van der Waals surface area contributed by atoms with Gasteiger partial charge in [-0.05, 0) is 24.3 Å². The molecule has 0 aliphatic carbocycles. The zero-order valence-electron chi connectivity index (χ0n) is 11.1. The van der Waals surface area contributed by atoms with E-state index in [0.717, 1.165) is 16.5 Å². The lowest BCUT2D eigenvalue weighted by molar-refractivity contribution is 0.102. The lowest BCUT2D eigenvalue weighted by atomic mass is 10.1. The van der Waals surface area contributed by atoms with Gasteiger partial charge in [0.15, 0.2) is 0 Å². The summed E-state index contributed by atoms with van der Waals surface area (Å²) in [4.78, 5) is 20.3. The van der Waals surface area contributed by atoms with Crippen LogP contribution in [0.4, 0.5) is 11.4 Å². The third kappa shape index (κ3) is 2.65. The van der Waals surface area contributed by atoms with Crippen molar-refractivity contribution in [2.75, 3.05) is 10.7 Å². The van der Waals surface area contributed by atoms with Crippen LogP contribution in [-0.4, -0.2) is 15.9 Å². The second-order valence-electron chi connectivity index (χ2n) is 4.43. The molecule has 6 nitrogen and oxygen atoms in total. The van der Waals surface area contributed by atoms with E-state index in [4.69, 9.17) is 5.84 Å². The van der Waals surface area contributed by atoms with Gasteiger partial charge in [0.25, 0.3) is 5.91 Å². The summed E-state index contributed by atoms with van der Waals surface area (Å²) >= 11 is 0. The van der Waals surface area contributed by atoms with E-state index in [1.807, 2.05) is 24.3 Å². The van der Waals surface area contributed by atoms with Crippen LogP contribution in [0.15, 0.2) is 55.0 Å². The molecule has 6 heteroatoms. The highest BCUT2D eigenvalue weighted by molar-refractivity contribution is 6.08. The number of nitrogens with two attached hydrogens (primary N) is 1. The SMILES string of the molecule is NNc1ccc(C(=O)Nc2cccc3cnccc23)nc1. The number of anilines is 2. The minimum Gasteiger partial charge on any atom is -0.323 e. The van der Waals surface area contributed by atoms with Crippen LogP contribution in [-0.2, 0) is 0 Å². The highest BCUT2D eigenvalue weighted by Crippen LogP contribution is 2.22. The number of pyridine rings is 2. The molecular formula is C15H13N5O. The van der Waals surface area contributed by atoms with Crippen molar-refractivity contribution >= 4 is 28.1 Å². The van der Waals surface area contributed by atoms with Gasteiger partial charge in [-0.15, -0.1) is 0 Å². The largest absolute Gasteiger partial charge is 0.323 e. The molecule has 1 amide bonds. The van der Waals surface area contributed by atoms with Crippen LogP contribution in [0, 0.1) is 0 Å². The molecule has 2 aromatic heterocycles. The molecule has 0 saturated carbocycles. The van der Waals surface area contributed by atoms with Gasteiger partial charge in [0, 0.05) is 28.9 Å². The van der Waals surface area contributed by atoms with Crippen LogP contribution >= 0.6 is 0 Å². The van der Waals surface area contributed by atoms with Gasteiger partial charge in [0.05, 0.1) is 11.9 Å². The van der Waals surface area contributed by atoms with Crippen LogP contribution < -0.4 is 16.6 Å². The van der Waals surface area contributed by atoms with Gasteiger partial charge < -0.3 is 10.7 Å². The first kappa shape index (κ1) is 13.0. The molecule has 0 aliphatic heterocycles. The number of amides is 1. The molecule has 0 spiro atoms. The first-order chi connectivity index (χ1) is 10.3. The highest BCUT2D eigenvalue weighted by atomic mass is 16.1. The number of fused-ring (bicyclic) bond motifs is 1. The van der Waals surface area contributed by atoms with E-state index in [0.29, 0.717) is 11.4 Å². The molecule has 0 radical (unpaired) electrons. The van der Waals surface area contributed by atoms with Crippen molar-refractivity contribution in [1.29, 1.82) is 0 Å². The first-order valence-corrected chi connectivity index (χ1v) is 6.35. The summed E-state index contributed by atoms with van der Waals surface area (Å²) in [6, 6.07) is 10.8. The molecule has 3 aromatic rings. The van der Waals surface area contributed by atoms with Crippen molar-refractivity contribution in [3.8, 4) is 0 Å². The lowest BCUT2D eigenvalue weighted by Gasteiger charge is -2.08. The van der Waals surface area contributed by atoms with Crippen LogP contribution in [0.1, 0.15) is 10.5 Å². The zero-order valence-corrected chi connectivity index (χ0v) is 11.1. The van der Waals surface area contributed by atoms with Gasteiger partial charge in [-0.25, -0.2) is 4.98 Å². The Morgan fingerprint density at radius 3 is 2.76 bits per heavy atom. The fraction of sp³-hybridized carbons (Fsp3) is 0. The fourth-order valence-corrected chi connectivity index (χ4v) is 2.03. The van der Waals surface area contributed by atoms with Gasteiger partial charge in [0.2, 0.25) is 0 Å². The maximum atomic E-state index is 12.2. The second-order valence-corrected chi connectivity index (χ2v) is 4.43. The smallest absolute Gasteiger partial charge is 0.274 e. The standard InChI is InChI=1S/C15H13N5O/c16-20-11-4-5-14(18-9-11)15(21)19-13-3-1-2-10-8-17-7-6-12(10)13/h1-9,20H,16H2,(H,19,21). The van der Waals surface area contributed by atoms with Gasteiger partial charge in [0.1, 0.15) is 5.69 Å². The molecule has 0 fully saturated rings. The number of hydrazine groups is 1. The van der Waals surface area contributed by atoms with E-state index in [1.54, 1.807) is 24.5 Å². The van der Waals surface area contributed by atoms with Crippen molar-refractivity contribution in [3.05, 3.63) is 60.7 Å². The number of rotatable bonds is 3. The third-order valence-electron chi connectivity index (χ3n) is 3.09. The maximum absolute atomic E-state index is 12.2. The van der Waals surface area contributed by atoms with Crippen LogP contribution in [0.5, 0.6) is 0 Å². The number of benzene rings is 1. The number of hydrogen-bond acceptors (Lipinski definition) is 5. The number of carbonyl (C=O) groups is 1. The van der Waals surface area contributed by atoms with Gasteiger partial charge in [-0.2, -0.15) is 0 Å². The van der Waals surface area contributed by atoms with Crippen molar-refractivity contribution in [2.24, 2.45) is 5.84 Å². The number of nitrogens with zero attached hydrogens (tertiary/aromatic N) is 2. The Morgan fingerprint density at radius 2 is 2.00 bits per heavy atom. The van der Waals surface area contributed by atoms with Crippen molar-refractivity contribution in [1.82, 2.24) is 9.97 Å². The Hall–Kier alpha value is -2.99. The molecule has 0 unspecified atom stereocenters. The summed E-state index contributed by atoms with van der Waals surface area (Å²) in [5.74, 6) is 4.99. The Morgan fingerprint density at radius 1 is 1.10 bits per heavy atom. The fourth-order valence-electron chi connectivity index (χ4n) is 2.03. The molecule has 4 N–H and O–H groups in total. The van der Waals surface area contributed by atoms with E-state index in [9.17, 15) is 4.79 Å². The molecule has 1 aromatic carbocycles. The Bertz CT molecular complexity index is 780. The Kier molecular flexibility index (Phi) is 3.44. The minimum atomic E-state index is -0.275. The molecule has 0 saturated heterocycles. The van der Waals surface area contributed by atoms with Gasteiger partial charge in [-0.3, -0.25) is 15.6 Å². The van der Waals surface area contributed by atoms with E-state index >= 15 is 0 Å². The molecule has 3 rings (SSSR count). The minimum absolute atomic E-state index is 0.275. The van der Waals surface area contributed by atoms with Crippen molar-refractivity contribution < 1.29 is 4.79 Å². The summed E-state index contributed by atoms with van der Waals surface area (Å²) in [5, 5.41) is 4.75. The first-order valence-electron chi connectivity index (χ1n) is 6.35. The molecule has 0 atom stereocenters. The van der Waals surface area contributed by atoms with Crippen LogP contribution in [0.25, 0.3) is 10.8 Å². The monoisotopic (exact) mass is 279 g/mol. The number of nitrogens with one attached hydrogen (secondary N) is 2. The molecular weight excluding hydrogens is 266 g/mol. The molecule has 2 heterocycles. The topological polar surface area (TPSA) is 92.9 Å². The van der Waals surface area contributed by atoms with E-state index in [-0.39, 0.29) is 5.91 Å². The molecule has 0 aliphatic rings. The summed E-state index contributed by atoms with van der Waals surface area (Å²) in [7, 11) is 0. The normalized spacial score (nSPS) is 10.3. The Balaban J connectivity index is 1.89. The predicted octanol–water partition coefficient (Wildman–Crippen LogP) is 2.17.